The Morgan fingerprint density at radius 3 is 2.24 bits per heavy atom. The number of benzene rings is 1. The van der Waals surface area contributed by atoms with Gasteiger partial charge in [-0.15, -0.1) is 0 Å². The van der Waals surface area contributed by atoms with Gasteiger partial charge in [0, 0.05) is 12.0 Å². The van der Waals surface area contributed by atoms with Crippen LogP contribution in [-0.4, -0.2) is 32.5 Å². The Bertz CT molecular complexity index is 511. The van der Waals surface area contributed by atoms with E-state index >= 15 is 0 Å². The zero-order valence-corrected chi connectivity index (χ0v) is 14.5. The van der Waals surface area contributed by atoms with Gasteiger partial charge in [0.2, 0.25) is 0 Å². The van der Waals surface area contributed by atoms with Crippen LogP contribution in [0.15, 0.2) is 30.3 Å². The maximum absolute atomic E-state index is 12.2. The zero-order chi connectivity index (χ0) is 15.9. The molecule has 0 heterocycles. The highest BCUT2D eigenvalue weighted by molar-refractivity contribution is 7.91. The molecule has 0 aliphatic carbocycles. The van der Waals surface area contributed by atoms with Crippen molar-refractivity contribution in [3.63, 3.8) is 0 Å². The molecule has 0 aliphatic heterocycles. The Hall–Kier alpha value is -0.870. The van der Waals surface area contributed by atoms with Crippen LogP contribution in [0, 0.1) is 0 Å². The summed E-state index contributed by atoms with van der Waals surface area (Å²) in [5, 5.41) is 3.11. The summed E-state index contributed by atoms with van der Waals surface area (Å²) in [5.41, 5.74) is 1.12. The fraction of sp³-hybridized carbons (Fsp3) is 0.647. The van der Waals surface area contributed by atoms with Gasteiger partial charge in [-0.05, 0) is 38.8 Å². The second-order valence-electron chi connectivity index (χ2n) is 5.95. The van der Waals surface area contributed by atoms with E-state index in [0.29, 0.717) is 6.42 Å². The standard InChI is InChI=1S/C17H29NO2S/c1-5-17(14-18-6-2,16-10-8-7-9-11-16)12-13-21(19,20)15(3)4/h7-11,15,18H,5-6,12-14H2,1-4H3. The average molecular weight is 311 g/mol. The molecule has 1 N–H and O–H groups in total. The first-order valence-electron chi connectivity index (χ1n) is 7.86. The van der Waals surface area contributed by atoms with Crippen molar-refractivity contribution < 1.29 is 8.42 Å². The summed E-state index contributed by atoms with van der Waals surface area (Å²) >= 11 is 0. The van der Waals surface area contributed by atoms with Crippen molar-refractivity contribution in [1.82, 2.24) is 5.32 Å². The molecule has 0 bridgehead atoms. The molecule has 1 aromatic carbocycles. The molecule has 1 atom stereocenters. The number of sulfone groups is 1. The number of hydrogen-bond donors (Lipinski definition) is 1. The maximum atomic E-state index is 12.2. The lowest BCUT2D eigenvalue weighted by Crippen LogP contribution is -2.40. The fourth-order valence-electron chi connectivity index (χ4n) is 2.57. The van der Waals surface area contributed by atoms with Crippen LogP contribution in [-0.2, 0) is 15.3 Å². The van der Waals surface area contributed by atoms with Crippen LogP contribution in [0.25, 0.3) is 0 Å². The highest BCUT2D eigenvalue weighted by Crippen LogP contribution is 2.32. The monoisotopic (exact) mass is 311 g/mol. The lowest BCUT2D eigenvalue weighted by Gasteiger charge is -2.34. The molecule has 0 aromatic heterocycles. The van der Waals surface area contributed by atoms with Crippen LogP contribution in [0.5, 0.6) is 0 Å². The third-order valence-corrected chi connectivity index (χ3v) is 6.57. The van der Waals surface area contributed by atoms with Gasteiger partial charge in [0.15, 0.2) is 9.84 Å². The number of likely N-dealkylation sites (N-methyl/N-ethyl adjacent to an activating group) is 1. The highest BCUT2D eigenvalue weighted by atomic mass is 32.2. The first-order valence-corrected chi connectivity index (χ1v) is 9.57. The van der Waals surface area contributed by atoms with Crippen molar-refractivity contribution in [1.29, 1.82) is 0 Å². The molecule has 0 aliphatic rings. The summed E-state index contributed by atoms with van der Waals surface area (Å²) in [6, 6.07) is 10.3. The highest BCUT2D eigenvalue weighted by Gasteiger charge is 2.32. The molecular formula is C17H29NO2S. The van der Waals surface area contributed by atoms with E-state index in [1.54, 1.807) is 13.8 Å². The Labute approximate surface area is 130 Å². The quantitative estimate of drug-likeness (QED) is 0.762. The average Bonchev–Trinajstić information content (AvgIpc) is 2.49. The molecule has 0 saturated heterocycles. The summed E-state index contributed by atoms with van der Waals surface area (Å²) in [5.74, 6) is 0.249. The van der Waals surface area contributed by atoms with Gasteiger partial charge in [-0.2, -0.15) is 0 Å². The molecule has 1 aromatic rings. The summed E-state index contributed by atoms with van der Waals surface area (Å²) < 4.78 is 24.4. The van der Waals surface area contributed by atoms with E-state index in [4.69, 9.17) is 0 Å². The second kappa shape index (κ2) is 7.95. The fourth-order valence-corrected chi connectivity index (χ4v) is 3.72. The first kappa shape index (κ1) is 18.2. The number of hydrogen-bond acceptors (Lipinski definition) is 3. The van der Waals surface area contributed by atoms with E-state index in [1.165, 1.54) is 5.56 Å². The van der Waals surface area contributed by atoms with Gasteiger partial charge in [-0.3, -0.25) is 0 Å². The molecule has 3 nitrogen and oxygen atoms in total. The van der Waals surface area contributed by atoms with E-state index in [1.807, 2.05) is 18.2 Å². The van der Waals surface area contributed by atoms with E-state index < -0.39 is 9.84 Å². The molecular weight excluding hydrogens is 282 g/mol. The molecule has 0 saturated carbocycles. The summed E-state index contributed by atoms with van der Waals surface area (Å²) in [7, 11) is -3.00. The van der Waals surface area contributed by atoms with Crippen molar-refractivity contribution >= 4 is 9.84 Å². The van der Waals surface area contributed by atoms with Crippen molar-refractivity contribution in [3.05, 3.63) is 35.9 Å². The van der Waals surface area contributed by atoms with Crippen LogP contribution in [0.2, 0.25) is 0 Å². The van der Waals surface area contributed by atoms with Crippen LogP contribution in [0.4, 0.5) is 0 Å². The van der Waals surface area contributed by atoms with Crippen LogP contribution in [0.3, 0.4) is 0 Å². The maximum Gasteiger partial charge on any atom is 0.152 e. The molecule has 1 unspecified atom stereocenters. The smallest absolute Gasteiger partial charge is 0.152 e. The van der Waals surface area contributed by atoms with E-state index in [2.05, 4.69) is 31.3 Å². The lowest BCUT2D eigenvalue weighted by molar-refractivity contribution is 0.372. The molecule has 0 radical (unpaired) electrons. The molecule has 1 rings (SSSR count). The Balaban J connectivity index is 3.02. The minimum absolute atomic E-state index is 0.112. The number of nitrogens with one attached hydrogen (secondary N) is 1. The van der Waals surface area contributed by atoms with Gasteiger partial charge in [0.25, 0.3) is 0 Å². The zero-order valence-electron chi connectivity index (χ0n) is 13.7. The van der Waals surface area contributed by atoms with Crippen LogP contribution in [0.1, 0.15) is 46.1 Å². The molecule has 120 valence electrons. The van der Waals surface area contributed by atoms with Crippen molar-refractivity contribution in [2.75, 3.05) is 18.8 Å². The molecule has 0 amide bonds. The van der Waals surface area contributed by atoms with Gasteiger partial charge < -0.3 is 5.32 Å². The van der Waals surface area contributed by atoms with Crippen molar-refractivity contribution in [2.45, 2.75) is 51.2 Å². The Morgan fingerprint density at radius 2 is 1.76 bits per heavy atom. The lowest BCUT2D eigenvalue weighted by atomic mass is 9.75. The van der Waals surface area contributed by atoms with Crippen molar-refractivity contribution in [2.24, 2.45) is 0 Å². The number of rotatable bonds is 9. The Kier molecular flexibility index (Phi) is 6.88. The van der Waals surface area contributed by atoms with Crippen molar-refractivity contribution in [3.8, 4) is 0 Å². The van der Waals surface area contributed by atoms with Gasteiger partial charge in [-0.25, -0.2) is 8.42 Å². The van der Waals surface area contributed by atoms with Crippen LogP contribution < -0.4 is 5.32 Å². The van der Waals surface area contributed by atoms with Gasteiger partial charge in [-0.1, -0.05) is 44.2 Å². The van der Waals surface area contributed by atoms with Gasteiger partial charge in [0.1, 0.15) is 0 Å². The topological polar surface area (TPSA) is 46.2 Å². The second-order valence-corrected chi connectivity index (χ2v) is 8.62. The van der Waals surface area contributed by atoms with E-state index in [0.717, 1.165) is 19.5 Å². The van der Waals surface area contributed by atoms with Gasteiger partial charge >= 0.3 is 0 Å². The van der Waals surface area contributed by atoms with Gasteiger partial charge in [0.05, 0.1) is 11.0 Å². The van der Waals surface area contributed by atoms with E-state index in [-0.39, 0.29) is 16.4 Å². The first-order chi connectivity index (χ1) is 9.88. The minimum Gasteiger partial charge on any atom is -0.316 e. The SMILES string of the molecule is CCNCC(CC)(CCS(=O)(=O)C(C)C)c1ccccc1. The molecule has 0 spiro atoms. The minimum atomic E-state index is -3.00. The summed E-state index contributed by atoms with van der Waals surface area (Å²) in [4.78, 5) is 0. The third-order valence-electron chi connectivity index (χ3n) is 4.36. The van der Waals surface area contributed by atoms with Crippen LogP contribution >= 0.6 is 0 Å². The summed E-state index contributed by atoms with van der Waals surface area (Å²) in [6.45, 7) is 9.46. The summed E-state index contributed by atoms with van der Waals surface area (Å²) in [6.07, 6.45) is 1.60. The third kappa shape index (κ3) is 4.82. The largest absolute Gasteiger partial charge is 0.316 e. The predicted molar refractivity (Wildman–Crippen MR) is 90.5 cm³/mol. The molecule has 21 heavy (non-hydrogen) atoms. The molecule has 0 fully saturated rings. The normalized spacial score (nSPS) is 15.1. The predicted octanol–water partition coefficient (Wildman–Crippen LogP) is 3.16. The van der Waals surface area contributed by atoms with E-state index in [9.17, 15) is 8.42 Å². The Morgan fingerprint density at radius 1 is 1.14 bits per heavy atom. The molecule has 4 heteroatoms.